The Morgan fingerprint density at radius 1 is 1.22 bits per heavy atom. The van der Waals surface area contributed by atoms with Crippen LogP contribution < -0.4 is 0 Å². The zero-order chi connectivity index (χ0) is 12.7. The van der Waals surface area contributed by atoms with E-state index in [1.165, 1.54) is 12.1 Å². The van der Waals surface area contributed by atoms with Gasteiger partial charge in [-0.25, -0.2) is 4.39 Å². The second-order valence-electron chi connectivity index (χ2n) is 4.23. The van der Waals surface area contributed by atoms with Gasteiger partial charge >= 0.3 is 0 Å². The summed E-state index contributed by atoms with van der Waals surface area (Å²) in [7, 11) is 0. The van der Waals surface area contributed by atoms with Gasteiger partial charge in [0.25, 0.3) is 0 Å². The van der Waals surface area contributed by atoms with Crippen LogP contribution >= 0.6 is 15.9 Å². The lowest BCUT2D eigenvalue weighted by molar-refractivity contribution is 0.628. The van der Waals surface area contributed by atoms with Crippen LogP contribution in [-0.2, 0) is 0 Å². The van der Waals surface area contributed by atoms with Gasteiger partial charge in [-0.15, -0.1) is 0 Å². The summed E-state index contributed by atoms with van der Waals surface area (Å²) in [5, 5.41) is 8.24. The van der Waals surface area contributed by atoms with Crippen LogP contribution in [0.3, 0.4) is 0 Å². The number of aryl methyl sites for hydroxylation is 1. The maximum atomic E-state index is 13.3. The van der Waals surface area contributed by atoms with Crippen LogP contribution in [0.2, 0.25) is 0 Å². The average Bonchev–Trinajstić information content (AvgIpc) is 2.73. The molecule has 0 spiro atoms. The van der Waals surface area contributed by atoms with E-state index < -0.39 is 0 Å². The Bertz CT molecular complexity index is 734. The van der Waals surface area contributed by atoms with Crippen LogP contribution in [0, 0.1) is 12.7 Å². The van der Waals surface area contributed by atoms with Crippen LogP contribution in [0.15, 0.2) is 40.9 Å². The predicted molar refractivity (Wildman–Crippen MR) is 73.9 cm³/mol. The fraction of sp³-hybridized carbons (Fsp3) is 0.0714. The number of benzene rings is 2. The maximum Gasteiger partial charge on any atom is 0.123 e. The summed E-state index contributed by atoms with van der Waals surface area (Å²) in [5.74, 6) is -0.255. The first-order valence-electron chi connectivity index (χ1n) is 5.55. The molecule has 0 radical (unpaired) electrons. The summed E-state index contributed by atoms with van der Waals surface area (Å²) in [4.78, 5) is 0. The molecule has 2 nitrogen and oxygen atoms in total. The predicted octanol–water partition coefficient (Wildman–Crippen LogP) is 4.44. The molecule has 0 aliphatic carbocycles. The van der Waals surface area contributed by atoms with Gasteiger partial charge < -0.3 is 0 Å². The van der Waals surface area contributed by atoms with Gasteiger partial charge in [-0.1, -0.05) is 28.1 Å². The van der Waals surface area contributed by atoms with E-state index in [1.54, 1.807) is 6.07 Å². The van der Waals surface area contributed by atoms with Crippen molar-refractivity contribution >= 4 is 26.8 Å². The molecular formula is C14H10BrFN2. The molecule has 1 N–H and O–H groups in total. The number of aromatic amines is 1. The molecule has 3 rings (SSSR count). The lowest BCUT2D eigenvalue weighted by Gasteiger charge is -2.00. The molecule has 0 saturated carbocycles. The minimum atomic E-state index is -0.255. The molecule has 90 valence electrons. The Kier molecular flexibility index (Phi) is 2.67. The molecule has 18 heavy (non-hydrogen) atoms. The smallest absolute Gasteiger partial charge is 0.123 e. The summed E-state index contributed by atoms with van der Waals surface area (Å²) < 4.78 is 14.3. The first-order valence-corrected chi connectivity index (χ1v) is 6.34. The van der Waals surface area contributed by atoms with Crippen molar-refractivity contribution in [1.82, 2.24) is 10.2 Å². The molecule has 0 aliphatic heterocycles. The van der Waals surface area contributed by atoms with Crippen molar-refractivity contribution in [2.45, 2.75) is 6.92 Å². The van der Waals surface area contributed by atoms with Crippen LogP contribution in [0.25, 0.3) is 22.2 Å². The normalized spacial score (nSPS) is 11.1. The van der Waals surface area contributed by atoms with Crippen LogP contribution in [0.5, 0.6) is 0 Å². The number of hydrogen-bond acceptors (Lipinski definition) is 1. The minimum absolute atomic E-state index is 0.255. The standard InChI is InChI=1S/C14H10BrFN2/c1-8-5-13-11(7-12(8)15)14(18-17-13)9-3-2-4-10(16)6-9/h2-7H,1H3,(H,17,18). The lowest BCUT2D eigenvalue weighted by Crippen LogP contribution is -1.81. The number of fused-ring (bicyclic) bond motifs is 1. The average molecular weight is 305 g/mol. The Hall–Kier alpha value is -1.68. The van der Waals surface area contributed by atoms with Crippen LogP contribution in [0.1, 0.15) is 5.56 Å². The van der Waals surface area contributed by atoms with Crippen molar-refractivity contribution in [3.8, 4) is 11.3 Å². The van der Waals surface area contributed by atoms with Crippen molar-refractivity contribution in [1.29, 1.82) is 0 Å². The highest BCUT2D eigenvalue weighted by Gasteiger charge is 2.10. The van der Waals surface area contributed by atoms with E-state index in [1.807, 2.05) is 25.1 Å². The molecule has 2 aromatic carbocycles. The van der Waals surface area contributed by atoms with Crippen molar-refractivity contribution in [2.75, 3.05) is 0 Å². The third-order valence-corrected chi connectivity index (χ3v) is 3.79. The summed E-state index contributed by atoms with van der Waals surface area (Å²) in [6.45, 7) is 2.02. The highest BCUT2D eigenvalue weighted by Crippen LogP contribution is 2.30. The molecule has 0 aliphatic rings. The zero-order valence-electron chi connectivity index (χ0n) is 9.67. The maximum absolute atomic E-state index is 13.3. The third kappa shape index (κ3) is 1.82. The highest BCUT2D eigenvalue weighted by atomic mass is 79.9. The van der Waals surface area contributed by atoms with Gasteiger partial charge in [0.2, 0.25) is 0 Å². The highest BCUT2D eigenvalue weighted by molar-refractivity contribution is 9.10. The van der Waals surface area contributed by atoms with E-state index in [4.69, 9.17) is 0 Å². The van der Waals surface area contributed by atoms with Crippen molar-refractivity contribution in [3.63, 3.8) is 0 Å². The minimum Gasteiger partial charge on any atom is -0.277 e. The summed E-state index contributed by atoms with van der Waals surface area (Å²) >= 11 is 3.51. The molecule has 4 heteroatoms. The van der Waals surface area contributed by atoms with E-state index >= 15 is 0 Å². The number of nitrogens with one attached hydrogen (secondary N) is 1. The van der Waals surface area contributed by atoms with Crippen molar-refractivity contribution in [3.05, 3.63) is 52.3 Å². The molecule has 0 fully saturated rings. The molecule has 0 amide bonds. The summed E-state index contributed by atoms with van der Waals surface area (Å²) in [6.07, 6.45) is 0. The first-order chi connectivity index (χ1) is 8.65. The Morgan fingerprint density at radius 3 is 2.83 bits per heavy atom. The van der Waals surface area contributed by atoms with Crippen LogP contribution in [0.4, 0.5) is 4.39 Å². The summed E-state index contributed by atoms with van der Waals surface area (Å²) in [5.41, 5.74) is 3.63. The van der Waals surface area contributed by atoms with Gasteiger partial charge in [0.05, 0.1) is 5.52 Å². The Labute approximate surface area is 112 Å². The number of halogens is 2. The largest absolute Gasteiger partial charge is 0.277 e. The van der Waals surface area contributed by atoms with E-state index in [9.17, 15) is 4.39 Å². The third-order valence-electron chi connectivity index (χ3n) is 2.94. The molecule has 1 heterocycles. The van der Waals surface area contributed by atoms with E-state index in [0.29, 0.717) is 0 Å². The fourth-order valence-electron chi connectivity index (χ4n) is 2.00. The van der Waals surface area contributed by atoms with E-state index in [2.05, 4.69) is 26.1 Å². The molecule has 3 aromatic rings. The van der Waals surface area contributed by atoms with Gasteiger partial charge in [-0.05, 0) is 36.8 Å². The Morgan fingerprint density at radius 2 is 2.06 bits per heavy atom. The van der Waals surface area contributed by atoms with Gasteiger partial charge in [0, 0.05) is 15.4 Å². The molecule has 0 atom stereocenters. The molecular weight excluding hydrogens is 295 g/mol. The second-order valence-corrected chi connectivity index (χ2v) is 5.08. The van der Waals surface area contributed by atoms with Gasteiger partial charge in [-0.3, -0.25) is 5.10 Å². The van der Waals surface area contributed by atoms with Gasteiger partial charge in [0.1, 0.15) is 11.5 Å². The van der Waals surface area contributed by atoms with Crippen molar-refractivity contribution in [2.24, 2.45) is 0 Å². The quantitative estimate of drug-likeness (QED) is 0.707. The first kappa shape index (κ1) is 11.4. The fourth-order valence-corrected chi connectivity index (χ4v) is 2.35. The van der Waals surface area contributed by atoms with Crippen molar-refractivity contribution < 1.29 is 4.39 Å². The van der Waals surface area contributed by atoms with E-state index in [0.717, 1.165) is 32.2 Å². The number of aromatic nitrogens is 2. The topological polar surface area (TPSA) is 28.7 Å². The molecule has 1 aromatic heterocycles. The second kappa shape index (κ2) is 4.21. The molecule has 0 bridgehead atoms. The molecule has 0 unspecified atom stereocenters. The zero-order valence-corrected chi connectivity index (χ0v) is 11.3. The number of rotatable bonds is 1. The lowest BCUT2D eigenvalue weighted by atomic mass is 10.1. The van der Waals surface area contributed by atoms with Gasteiger partial charge in [-0.2, -0.15) is 5.10 Å². The van der Waals surface area contributed by atoms with E-state index in [-0.39, 0.29) is 5.82 Å². The summed E-state index contributed by atoms with van der Waals surface area (Å²) in [6, 6.07) is 10.5. The number of nitrogens with zero attached hydrogens (tertiary/aromatic N) is 1. The van der Waals surface area contributed by atoms with Gasteiger partial charge in [0.15, 0.2) is 0 Å². The Balaban J connectivity index is 2.27. The van der Waals surface area contributed by atoms with Crippen LogP contribution in [-0.4, -0.2) is 10.2 Å². The number of H-pyrrole nitrogens is 1. The number of hydrogen-bond donors (Lipinski definition) is 1. The SMILES string of the molecule is Cc1cc2[nH]nc(-c3cccc(F)c3)c2cc1Br. The molecule has 0 saturated heterocycles. The monoisotopic (exact) mass is 304 g/mol.